The molecule has 1 rings (SSSR count). The number of carbonyl (C=O) groups is 2. The van der Waals surface area contributed by atoms with Gasteiger partial charge in [-0.2, -0.15) is 0 Å². The maximum Gasteiger partial charge on any atom is 0.330 e. The standard InChI is InChI=1S/C13H23NO6S/c1-6-20-9-7-13(11(16)17,12(9,3)4)14-10(15)8(2)21(5,18)19/h8-9H,6-7H2,1-5H3,(H,14,15)(H,16,17). The minimum absolute atomic E-state index is 0.116. The Morgan fingerprint density at radius 2 is 1.95 bits per heavy atom. The van der Waals surface area contributed by atoms with Crippen LogP contribution < -0.4 is 5.32 Å². The van der Waals surface area contributed by atoms with E-state index in [0.29, 0.717) is 6.61 Å². The number of sulfone groups is 1. The van der Waals surface area contributed by atoms with Crippen molar-refractivity contribution in [2.24, 2.45) is 5.41 Å². The maximum absolute atomic E-state index is 12.1. The molecule has 0 heterocycles. The second kappa shape index (κ2) is 5.57. The SMILES string of the molecule is CCOC1CC(NC(=O)C(C)S(C)(=O)=O)(C(=O)O)C1(C)C. The third kappa shape index (κ3) is 2.91. The van der Waals surface area contributed by atoms with Crippen LogP contribution in [0.15, 0.2) is 0 Å². The molecule has 0 saturated heterocycles. The highest BCUT2D eigenvalue weighted by molar-refractivity contribution is 7.92. The third-order valence-corrected chi connectivity index (χ3v) is 5.98. The number of aliphatic carboxylic acids is 1. The molecule has 0 aromatic rings. The zero-order valence-corrected chi connectivity index (χ0v) is 13.8. The van der Waals surface area contributed by atoms with E-state index >= 15 is 0 Å². The van der Waals surface area contributed by atoms with E-state index in [0.717, 1.165) is 6.26 Å². The molecule has 1 fully saturated rings. The average Bonchev–Trinajstić information content (AvgIpc) is 2.34. The molecular formula is C13H23NO6S. The first kappa shape index (κ1) is 17.9. The molecule has 3 unspecified atom stereocenters. The predicted octanol–water partition coefficient (Wildman–Crippen LogP) is 0.194. The summed E-state index contributed by atoms with van der Waals surface area (Å²) in [5.74, 6) is -1.99. The molecule has 2 N–H and O–H groups in total. The molecule has 1 saturated carbocycles. The highest BCUT2D eigenvalue weighted by atomic mass is 32.2. The minimum atomic E-state index is -3.58. The first-order valence-corrected chi connectivity index (χ1v) is 8.71. The zero-order chi connectivity index (χ0) is 16.6. The lowest BCUT2D eigenvalue weighted by atomic mass is 9.54. The highest BCUT2D eigenvalue weighted by Crippen LogP contribution is 2.51. The largest absolute Gasteiger partial charge is 0.479 e. The van der Waals surface area contributed by atoms with Crippen molar-refractivity contribution < 1.29 is 27.9 Å². The fourth-order valence-corrected chi connectivity index (χ4v) is 2.99. The van der Waals surface area contributed by atoms with Gasteiger partial charge in [0.1, 0.15) is 10.8 Å². The molecule has 8 heteroatoms. The molecule has 1 aliphatic rings. The maximum atomic E-state index is 12.1. The van der Waals surface area contributed by atoms with E-state index in [2.05, 4.69) is 5.32 Å². The van der Waals surface area contributed by atoms with E-state index < -0.39 is 37.9 Å². The number of carboxylic acids is 1. The van der Waals surface area contributed by atoms with Gasteiger partial charge in [-0.05, 0) is 13.8 Å². The Hall–Kier alpha value is -1.15. The topological polar surface area (TPSA) is 110 Å². The van der Waals surface area contributed by atoms with Crippen LogP contribution in [0.5, 0.6) is 0 Å². The Morgan fingerprint density at radius 3 is 2.29 bits per heavy atom. The van der Waals surface area contributed by atoms with Gasteiger partial charge in [0.25, 0.3) is 0 Å². The van der Waals surface area contributed by atoms with E-state index in [9.17, 15) is 23.1 Å². The van der Waals surface area contributed by atoms with Crippen molar-refractivity contribution in [1.29, 1.82) is 0 Å². The lowest BCUT2D eigenvalue weighted by molar-refractivity contribution is -0.194. The molecule has 0 bridgehead atoms. The summed E-state index contributed by atoms with van der Waals surface area (Å²) in [7, 11) is -3.58. The molecule has 122 valence electrons. The van der Waals surface area contributed by atoms with Gasteiger partial charge in [-0.25, -0.2) is 13.2 Å². The Balaban J connectivity index is 3.01. The number of amides is 1. The van der Waals surface area contributed by atoms with Gasteiger partial charge in [0.2, 0.25) is 5.91 Å². The number of hydrogen-bond donors (Lipinski definition) is 2. The average molecular weight is 321 g/mol. The summed E-state index contributed by atoms with van der Waals surface area (Å²) in [6, 6.07) is 0. The van der Waals surface area contributed by atoms with Gasteiger partial charge in [0, 0.05) is 24.7 Å². The molecule has 0 radical (unpaired) electrons. The number of carboxylic acid groups (broad SMARTS) is 1. The van der Waals surface area contributed by atoms with E-state index in [4.69, 9.17) is 4.74 Å². The first-order chi connectivity index (χ1) is 9.40. The van der Waals surface area contributed by atoms with Crippen LogP contribution in [0.25, 0.3) is 0 Å². The fourth-order valence-electron chi connectivity index (χ4n) is 2.54. The fraction of sp³-hybridized carbons (Fsp3) is 0.846. The summed E-state index contributed by atoms with van der Waals surface area (Å²) in [6.45, 7) is 6.87. The predicted molar refractivity (Wildman–Crippen MR) is 76.6 cm³/mol. The van der Waals surface area contributed by atoms with E-state index in [1.54, 1.807) is 20.8 Å². The molecule has 3 atom stereocenters. The molecule has 0 aromatic heterocycles. The number of carbonyl (C=O) groups excluding carboxylic acids is 1. The summed E-state index contributed by atoms with van der Waals surface area (Å²) >= 11 is 0. The molecule has 21 heavy (non-hydrogen) atoms. The van der Waals surface area contributed by atoms with Gasteiger partial charge < -0.3 is 15.2 Å². The number of ether oxygens (including phenoxy) is 1. The van der Waals surface area contributed by atoms with Gasteiger partial charge in [0.15, 0.2) is 9.84 Å². The molecule has 1 aliphatic carbocycles. The minimum Gasteiger partial charge on any atom is -0.479 e. The van der Waals surface area contributed by atoms with Crippen molar-refractivity contribution in [2.45, 2.75) is 51.0 Å². The third-order valence-electron chi connectivity index (χ3n) is 4.48. The second-order valence-electron chi connectivity index (χ2n) is 6.04. The highest BCUT2D eigenvalue weighted by Gasteiger charge is 2.66. The van der Waals surface area contributed by atoms with Crippen LogP contribution in [0.2, 0.25) is 0 Å². The Bertz CT molecular complexity index is 541. The van der Waals surface area contributed by atoms with Crippen LogP contribution in [-0.2, 0) is 24.2 Å². The van der Waals surface area contributed by atoms with Crippen molar-refractivity contribution in [2.75, 3.05) is 12.9 Å². The molecular weight excluding hydrogens is 298 g/mol. The number of nitrogens with one attached hydrogen (secondary N) is 1. The van der Waals surface area contributed by atoms with Crippen molar-refractivity contribution in [1.82, 2.24) is 5.32 Å². The van der Waals surface area contributed by atoms with Crippen molar-refractivity contribution >= 4 is 21.7 Å². The Kier molecular flexibility index (Phi) is 4.74. The first-order valence-electron chi connectivity index (χ1n) is 6.76. The van der Waals surface area contributed by atoms with E-state index in [1.807, 2.05) is 0 Å². The Labute approximate surface area is 125 Å². The number of hydrogen-bond acceptors (Lipinski definition) is 5. The van der Waals surface area contributed by atoms with Gasteiger partial charge in [-0.15, -0.1) is 0 Å². The van der Waals surface area contributed by atoms with Crippen LogP contribution in [0.1, 0.15) is 34.1 Å². The molecule has 7 nitrogen and oxygen atoms in total. The molecule has 0 aromatic carbocycles. The normalized spacial score (nSPS) is 29.3. The monoisotopic (exact) mass is 321 g/mol. The van der Waals surface area contributed by atoms with Gasteiger partial charge >= 0.3 is 5.97 Å². The van der Waals surface area contributed by atoms with E-state index in [1.165, 1.54) is 6.92 Å². The van der Waals surface area contributed by atoms with Crippen LogP contribution in [0, 0.1) is 5.41 Å². The summed E-state index contributed by atoms with van der Waals surface area (Å²) in [5.41, 5.74) is -2.34. The van der Waals surface area contributed by atoms with Crippen molar-refractivity contribution in [3.05, 3.63) is 0 Å². The second-order valence-corrected chi connectivity index (χ2v) is 8.41. The summed E-state index contributed by atoms with van der Waals surface area (Å²) < 4.78 is 28.3. The van der Waals surface area contributed by atoms with Gasteiger partial charge in [-0.3, -0.25) is 4.79 Å². The van der Waals surface area contributed by atoms with Crippen LogP contribution in [-0.4, -0.2) is 55.2 Å². The summed E-state index contributed by atoms with van der Waals surface area (Å²) in [5, 5.41) is 10.6. The van der Waals surface area contributed by atoms with Crippen molar-refractivity contribution in [3.8, 4) is 0 Å². The summed E-state index contributed by atoms with van der Waals surface area (Å²) in [6.07, 6.45) is 0.762. The van der Waals surface area contributed by atoms with Crippen molar-refractivity contribution in [3.63, 3.8) is 0 Å². The molecule has 0 aliphatic heterocycles. The smallest absolute Gasteiger partial charge is 0.330 e. The Morgan fingerprint density at radius 1 is 1.43 bits per heavy atom. The lowest BCUT2D eigenvalue weighted by Gasteiger charge is -2.58. The van der Waals surface area contributed by atoms with Gasteiger partial charge in [-0.1, -0.05) is 13.8 Å². The quantitative estimate of drug-likeness (QED) is 0.723. The molecule has 1 amide bonds. The van der Waals surface area contributed by atoms with Gasteiger partial charge in [0.05, 0.1) is 6.10 Å². The van der Waals surface area contributed by atoms with Crippen LogP contribution in [0.4, 0.5) is 0 Å². The van der Waals surface area contributed by atoms with Crippen LogP contribution in [0.3, 0.4) is 0 Å². The zero-order valence-electron chi connectivity index (χ0n) is 13.0. The summed E-state index contributed by atoms with van der Waals surface area (Å²) in [4.78, 5) is 23.7. The van der Waals surface area contributed by atoms with Crippen LogP contribution >= 0.6 is 0 Å². The number of rotatable bonds is 6. The van der Waals surface area contributed by atoms with E-state index in [-0.39, 0.29) is 12.5 Å². The lowest BCUT2D eigenvalue weighted by Crippen LogP contribution is -2.76. The molecule has 0 spiro atoms.